The summed E-state index contributed by atoms with van der Waals surface area (Å²) in [5.74, 6) is 0.151. The van der Waals surface area contributed by atoms with Crippen LogP contribution >= 0.6 is 0 Å². The number of hydrogen-bond acceptors (Lipinski definition) is 3. The molecular weight excluding hydrogens is 276 g/mol. The van der Waals surface area contributed by atoms with Crippen LogP contribution in [0.5, 0.6) is 0 Å². The first-order valence-electron chi connectivity index (χ1n) is 6.90. The number of nitrogens with zero attached hydrogens (tertiary/aromatic N) is 1. The first-order chi connectivity index (χ1) is 9.48. The zero-order valence-corrected chi connectivity index (χ0v) is 12.6. The molecule has 0 saturated heterocycles. The number of nitrogens with one attached hydrogen (secondary N) is 1. The highest BCUT2D eigenvalue weighted by molar-refractivity contribution is 7.89. The molecule has 0 heterocycles. The van der Waals surface area contributed by atoms with Gasteiger partial charge in [-0.2, -0.15) is 4.31 Å². The number of amides is 1. The molecule has 0 aromatic heterocycles. The zero-order chi connectivity index (χ0) is 14.8. The van der Waals surface area contributed by atoms with Crippen molar-refractivity contribution in [3.8, 4) is 0 Å². The molecule has 1 aliphatic carbocycles. The summed E-state index contributed by atoms with van der Waals surface area (Å²) < 4.78 is 26.0. The summed E-state index contributed by atoms with van der Waals surface area (Å²) in [6.45, 7) is 4.51. The third-order valence-electron chi connectivity index (χ3n) is 3.41. The normalized spacial score (nSPS) is 15.3. The Kier molecular flexibility index (Phi) is 4.45. The van der Waals surface area contributed by atoms with E-state index in [-0.39, 0.29) is 16.7 Å². The molecule has 1 amide bonds. The van der Waals surface area contributed by atoms with E-state index in [0.29, 0.717) is 18.8 Å². The maximum Gasteiger partial charge on any atom is 0.243 e. The Labute approximate surface area is 120 Å². The summed E-state index contributed by atoms with van der Waals surface area (Å²) in [7, 11) is -3.43. The molecule has 110 valence electrons. The van der Waals surface area contributed by atoms with Gasteiger partial charge in [0.05, 0.1) is 4.90 Å². The van der Waals surface area contributed by atoms with Crippen LogP contribution in [0, 0.1) is 5.92 Å². The van der Waals surface area contributed by atoms with Gasteiger partial charge in [-0.25, -0.2) is 8.42 Å². The summed E-state index contributed by atoms with van der Waals surface area (Å²) in [6, 6.07) is 6.35. The first kappa shape index (κ1) is 15.0. The monoisotopic (exact) mass is 296 g/mol. The van der Waals surface area contributed by atoms with E-state index in [1.54, 1.807) is 12.1 Å². The van der Waals surface area contributed by atoms with E-state index >= 15 is 0 Å². The van der Waals surface area contributed by atoms with Crippen molar-refractivity contribution in [1.82, 2.24) is 4.31 Å². The van der Waals surface area contributed by atoms with E-state index in [1.807, 2.05) is 13.8 Å². The second-order valence-electron chi connectivity index (χ2n) is 4.88. The van der Waals surface area contributed by atoms with Crippen LogP contribution in [0.4, 0.5) is 5.69 Å². The van der Waals surface area contributed by atoms with Crippen molar-refractivity contribution in [2.24, 2.45) is 5.92 Å². The molecular formula is C14H20N2O3S. The Morgan fingerprint density at radius 3 is 2.20 bits per heavy atom. The van der Waals surface area contributed by atoms with E-state index in [1.165, 1.54) is 16.4 Å². The summed E-state index contributed by atoms with van der Waals surface area (Å²) in [5, 5.41) is 2.79. The Morgan fingerprint density at radius 2 is 1.75 bits per heavy atom. The predicted octanol–water partition coefficient (Wildman–Crippen LogP) is 2.07. The first-order valence-corrected chi connectivity index (χ1v) is 8.34. The molecule has 6 heteroatoms. The minimum Gasteiger partial charge on any atom is -0.326 e. The van der Waals surface area contributed by atoms with Gasteiger partial charge >= 0.3 is 0 Å². The lowest BCUT2D eigenvalue weighted by Gasteiger charge is -2.18. The Morgan fingerprint density at radius 1 is 1.20 bits per heavy atom. The average molecular weight is 296 g/mol. The molecule has 1 aromatic carbocycles. The Balaban J connectivity index is 2.12. The number of carbonyl (C=O) groups is 1. The summed E-state index contributed by atoms with van der Waals surface area (Å²) in [4.78, 5) is 11.9. The lowest BCUT2D eigenvalue weighted by molar-refractivity contribution is -0.117. The molecule has 1 aliphatic rings. The second kappa shape index (κ2) is 5.93. The van der Waals surface area contributed by atoms with E-state index < -0.39 is 10.0 Å². The van der Waals surface area contributed by atoms with Gasteiger partial charge in [-0.05, 0) is 37.1 Å². The van der Waals surface area contributed by atoms with Crippen molar-refractivity contribution in [2.75, 3.05) is 18.4 Å². The molecule has 0 aliphatic heterocycles. The van der Waals surface area contributed by atoms with Crippen LogP contribution < -0.4 is 5.32 Å². The van der Waals surface area contributed by atoms with Gasteiger partial charge in [-0.1, -0.05) is 13.8 Å². The van der Waals surface area contributed by atoms with Gasteiger partial charge in [0.2, 0.25) is 15.9 Å². The topological polar surface area (TPSA) is 66.5 Å². The Hall–Kier alpha value is -1.40. The van der Waals surface area contributed by atoms with E-state index in [0.717, 1.165) is 12.8 Å². The van der Waals surface area contributed by atoms with Gasteiger partial charge in [0.15, 0.2) is 0 Å². The van der Waals surface area contributed by atoms with Crippen molar-refractivity contribution in [3.05, 3.63) is 24.3 Å². The van der Waals surface area contributed by atoms with Gasteiger partial charge in [0.25, 0.3) is 0 Å². The number of anilines is 1. The molecule has 0 spiro atoms. The van der Waals surface area contributed by atoms with Gasteiger partial charge in [0, 0.05) is 24.7 Å². The summed E-state index contributed by atoms with van der Waals surface area (Å²) in [5.41, 5.74) is 0.639. The fourth-order valence-corrected chi connectivity index (χ4v) is 3.47. The second-order valence-corrected chi connectivity index (χ2v) is 6.82. The zero-order valence-electron chi connectivity index (χ0n) is 11.8. The highest BCUT2D eigenvalue weighted by Gasteiger charge is 2.29. The minimum atomic E-state index is -3.43. The molecule has 1 fully saturated rings. The lowest BCUT2D eigenvalue weighted by atomic mass is 10.3. The van der Waals surface area contributed by atoms with Crippen LogP contribution in [0.25, 0.3) is 0 Å². The smallest absolute Gasteiger partial charge is 0.243 e. The van der Waals surface area contributed by atoms with Crippen LogP contribution in [-0.4, -0.2) is 31.7 Å². The van der Waals surface area contributed by atoms with Crippen molar-refractivity contribution < 1.29 is 13.2 Å². The third-order valence-corrected chi connectivity index (χ3v) is 5.48. The predicted molar refractivity (Wildman–Crippen MR) is 77.9 cm³/mol. The summed E-state index contributed by atoms with van der Waals surface area (Å²) >= 11 is 0. The van der Waals surface area contributed by atoms with Gasteiger partial charge < -0.3 is 5.32 Å². The van der Waals surface area contributed by atoms with Crippen LogP contribution in [0.2, 0.25) is 0 Å². The van der Waals surface area contributed by atoms with Crippen molar-refractivity contribution in [1.29, 1.82) is 0 Å². The fraction of sp³-hybridized carbons (Fsp3) is 0.500. The van der Waals surface area contributed by atoms with E-state index in [9.17, 15) is 13.2 Å². The molecule has 5 nitrogen and oxygen atoms in total. The van der Waals surface area contributed by atoms with Crippen molar-refractivity contribution in [2.45, 2.75) is 31.6 Å². The van der Waals surface area contributed by atoms with Crippen LogP contribution in [0.3, 0.4) is 0 Å². The van der Waals surface area contributed by atoms with E-state index in [2.05, 4.69) is 5.32 Å². The molecule has 1 N–H and O–H groups in total. The summed E-state index contributed by atoms with van der Waals surface area (Å²) in [6.07, 6.45) is 1.89. The number of benzene rings is 1. The highest BCUT2D eigenvalue weighted by atomic mass is 32.2. The average Bonchev–Trinajstić information content (AvgIpc) is 3.24. The number of rotatable bonds is 6. The molecule has 20 heavy (non-hydrogen) atoms. The van der Waals surface area contributed by atoms with Gasteiger partial charge in [0.1, 0.15) is 0 Å². The largest absolute Gasteiger partial charge is 0.326 e. The quantitative estimate of drug-likeness (QED) is 0.874. The maximum absolute atomic E-state index is 12.3. The molecule has 1 saturated carbocycles. The van der Waals surface area contributed by atoms with Crippen LogP contribution in [0.15, 0.2) is 29.2 Å². The highest BCUT2D eigenvalue weighted by Crippen LogP contribution is 2.30. The molecule has 0 unspecified atom stereocenters. The molecule has 1 aromatic rings. The number of carbonyl (C=O) groups excluding carboxylic acids is 1. The van der Waals surface area contributed by atoms with Crippen LogP contribution in [-0.2, 0) is 14.8 Å². The van der Waals surface area contributed by atoms with Gasteiger partial charge in [-0.3, -0.25) is 4.79 Å². The van der Waals surface area contributed by atoms with E-state index in [4.69, 9.17) is 0 Å². The van der Waals surface area contributed by atoms with Crippen molar-refractivity contribution >= 4 is 21.6 Å². The third kappa shape index (κ3) is 3.19. The van der Waals surface area contributed by atoms with Gasteiger partial charge in [-0.15, -0.1) is 0 Å². The minimum absolute atomic E-state index is 0.0179. The number of sulfonamides is 1. The lowest BCUT2D eigenvalue weighted by Crippen LogP contribution is -2.30. The molecule has 0 atom stereocenters. The molecule has 0 bridgehead atoms. The Bertz CT molecular complexity index is 573. The SMILES string of the molecule is CCN(CC)S(=O)(=O)c1ccc(NC(=O)C2CC2)cc1. The van der Waals surface area contributed by atoms with Crippen molar-refractivity contribution in [3.63, 3.8) is 0 Å². The molecule has 2 rings (SSSR count). The van der Waals surface area contributed by atoms with Crippen LogP contribution in [0.1, 0.15) is 26.7 Å². The number of hydrogen-bond donors (Lipinski definition) is 1. The standard InChI is InChI=1S/C14H20N2O3S/c1-3-16(4-2)20(18,19)13-9-7-12(8-10-13)15-14(17)11-5-6-11/h7-11H,3-6H2,1-2H3,(H,15,17). The molecule has 0 radical (unpaired) electrons. The maximum atomic E-state index is 12.3. The fourth-order valence-electron chi connectivity index (χ4n) is 2.01.